The Bertz CT molecular complexity index is 565. The van der Waals surface area contributed by atoms with Gasteiger partial charge in [0.15, 0.2) is 0 Å². The van der Waals surface area contributed by atoms with Gasteiger partial charge in [0.1, 0.15) is 0 Å². The Hall–Kier alpha value is 0.01000. The number of benzene rings is 1. The predicted molar refractivity (Wildman–Crippen MR) is 79.4 cm³/mol. The van der Waals surface area contributed by atoms with Crippen LogP contribution in [0.2, 0.25) is 0 Å². The molecule has 0 aromatic heterocycles. The van der Waals surface area contributed by atoms with Crippen molar-refractivity contribution < 1.29 is 13.2 Å². The van der Waals surface area contributed by atoms with Crippen LogP contribution in [0.5, 0.6) is 0 Å². The van der Waals surface area contributed by atoms with Gasteiger partial charge in [-0.25, -0.2) is 8.42 Å². The summed E-state index contributed by atoms with van der Waals surface area (Å²) < 4.78 is 33.3. The normalized spacial score (nSPS) is 21.5. The lowest BCUT2D eigenvalue weighted by molar-refractivity contribution is 0.00449. The van der Waals surface area contributed by atoms with Crippen molar-refractivity contribution in [2.24, 2.45) is 5.73 Å². The first-order valence-electron chi connectivity index (χ1n) is 5.72. The van der Waals surface area contributed by atoms with Crippen LogP contribution in [0, 0.1) is 0 Å². The van der Waals surface area contributed by atoms with E-state index in [9.17, 15) is 8.42 Å². The maximum absolute atomic E-state index is 12.6. The number of nitrogens with zero attached hydrogens (tertiary/aromatic N) is 1. The lowest BCUT2D eigenvalue weighted by atomic mass is 10.3. The van der Waals surface area contributed by atoms with Crippen LogP contribution in [0.15, 0.2) is 32.0 Å². The third-order valence-corrected chi connectivity index (χ3v) is 6.21. The van der Waals surface area contributed by atoms with Gasteiger partial charge in [-0.1, -0.05) is 15.9 Å². The van der Waals surface area contributed by atoms with Crippen molar-refractivity contribution in [2.75, 3.05) is 26.2 Å². The van der Waals surface area contributed by atoms with Gasteiger partial charge < -0.3 is 10.5 Å². The van der Waals surface area contributed by atoms with Crippen LogP contribution in [-0.4, -0.2) is 45.1 Å². The Labute approximate surface area is 129 Å². The van der Waals surface area contributed by atoms with Crippen LogP contribution in [0.3, 0.4) is 0 Å². The zero-order valence-corrected chi connectivity index (χ0v) is 14.0. The van der Waals surface area contributed by atoms with Gasteiger partial charge in [-0.15, -0.1) is 0 Å². The Morgan fingerprint density at radius 3 is 2.79 bits per heavy atom. The topological polar surface area (TPSA) is 72.6 Å². The minimum atomic E-state index is -3.52. The minimum absolute atomic E-state index is 0.238. The summed E-state index contributed by atoms with van der Waals surface area (Å²) in [5.41, 5.74) is 5.54. The third kappa shape index (κ3) is 3.37. The molecular formula is C11H14Br2N2O3S. The summed E-state index contributed by atoms with van der Waals surface area (Å²) >= 11 is 6.59. The fourth-order valence-electron chi connectivity index (χ4n) is 1.88. The third-order valence-electron chi connectivity index (χ3n) is 2.88. The second-order valence-electron chi connectivity index (χ2n) is 4.17. The number of hydrogen-bond acceptors (Lipinski definition) is 4. The summed E-state index contributed by atoms with van der Waals surface area (Å²) in [7, 11) is -3.52. The van der Waals surface area contributed by atoms with Gasteiger partial charge in [0.2, 0.25) is 10.0 Å². The lowest BCUT2D eigenvalue weighted by Gasteiger charge is -2.31. The molecule has 5 nitrogen and oxygen atoms in total. The molecule has 19 heavy (non-hydrogen) atoms. The van der Waals surface area contributed by atoms with Crippen molar-refractivity contribution >= 4 is 41.9 Å². The number of ether oxygens (including phenoxy) is 1. The molecular weight excluding hydrogens is 400 g/mol. The molecule has 8 heteroatoms. The van der Waals surface area contributed by atoms with Gasteiger partial charge >= 0.3 is 0 Å². The van der Waals surface area contributed by atoms with Gasteiger partial charge in [0.25, 0.3) is 0 Å². The number of nitrogens with two attached hydrogens (primary N) is 1. The van der Waals surface area contributed by atoms with Crippen LogP contribution < -0.4 is 5.73 Å². The number of hydrogen-bond donors (Lipinski definition) is 1. The molecule has 0 aliphatic carbocycles. The molecule has 1 atom stereocenters. The summed E-state index contributed by atoms with van der Waals surface area (Å²) in [6, 6.07) is 5.00. The SMILES string of the molecule is NCC1CN(S(=O)(=O)c2ccc(Br)cc2Br)CCO1. The Balaban J connectivity index is 2.31. The van der Waals surface area contributed by atoms with E-state index in [-0.39, 0.29) is 11.0 Å². The lowest BCUT2D eigenvalue weighted by Crippen LogP contribution is -2.48. The molecule has 0 spiro atoms. The highest BCUT2D eigenvalue weighted by atomic mass is 79.9. The van der Waals surface area contributed by atoms with Crippen molar-refractivity contribution in [1.29, 1.82) is 0 Å². The molecule has 1 fully saturated rings. The summed E-state index contributed by atoms with van der Waals surface area (Å²) in [4.78, 5) is 0.258. The summed E-state index contributed by atoms with van der Waals surface area (Å²) in [5.74, 6) is 0. The number of sulfonamides is 1. The van der Waals surface area contributed by atoms with E-state index in [2.05, 4.69) is 31.9 Å². The van der Waals surface area contributed by atoms with E-state index in [0.29, 0.717) is 30.7 Å². The minimum Gasteiger partial charge on any atom is -0.374 e. The Kier molecular flexibility index (Phi) is 5.02. The van der Waals surface area contributed by atoms with E-state index in [0.717, 1.165) is 4.47 Å². The van der Waals surface area contributed by atoms with Crippen LogP contribution >= 0.6 is 31.9 Å². The molecule has 1 aliphatic rings. The average Bonchev–Trinajstić information content (AvgIpc) is 2.38. The van der Waals surface area contributed by atoms with E-state index < -0.39 is 10.0 Å². The fourth-order valence-corrected chi connectivity index (χ4v) is 5.04. The second kappa shape index (κ2) is 6.19. The molecule has 2 rings (SSSR count). The summed E-state index contributed by atoms with van der Waals surface area (Å²) in [6.45, 7) is 1.32. The quantitative estimate of drug-likeness (QED) is 0.815. The van der Waals surface area contributed by atoms with Crippen LogP contribution in [0.1, 0.15) is 0 Å². The maximum atomic E-state index is 12.6. The Morgan fingerprint density at radius 1 is 1.42 bits per heavy atom. The maximum Gasteiger partial charge on any atom is 0.244 e. The predicted octanol–water partition coefficient (Wildman–Crippen LogP) is 1.56. The van der Waals surface area contributed by atoms with Gasteiger partial charge in [-0.3, -0.25) is 0 Å². The van der Waals surface area contributed by atoms with E-state index in [1.165, 1.54) is 4.31 Å². The smallest absolute Gasteiger partial charge is 0.244 e. The molecule has 1 aromatic carbocycles. The van der Waals surface area contributed by atoms with Crippen molar-refractivity contribution in [3.63, 3.8) is 0 Å². The molecule has 0 bridgehead atoms. The largest absolute Gasteiger partial charge is 0.374 e. The zero-order chi connectivity index (χ0) is 14.0. The van der Waals surface area contributed by atoms with E-state index in [1.807, 2.05) is 0 Å². The standard InChI is InChI=1S/C11H14Br2N2O3S/c12-8-1-2-11(10(13)5-8)19(16,17)15-3-4-18-9(6-14)7-15/h1-2,5,9H,3-4,6-7,14H2. The molecule has 1 aliphatic heterocycles. The fraction of sp³-hybridized carbons (Fsp3) is 0.455. The first kappa shape index (κ1) is 15.4. The average molecular weight is 414 g/mol. The number of morpholine rings is 1. The van der Waals surface area contributed by atoms with Crippen molar-refractivity contribution in [3.05, 3.63) is 27.1 Å². The molecule has 106 valence electrons. The molecule has 2 N–H and O–H groups in total. The first-order chi connectivity index (χ1) is 8.95. The molecule has 1 aromatic rings. The highest BCUT2D eigenvalue weighted by Gasteiger charge is 2.31. The highest BCUT2D eigenvalue weighted by Crippen LogP contribution is 2.28. The molecule has 0 amide bonds. The molecule has 1 saturated heterocycles. The molecule has 1 heterocycles. The number of rotatable bonds is 3. The molecule has 0 saturated carbocycles. The van der Waals surface area contributed by atoms with Gasteiger partial charge in [-0.2, -0.15) is 4.31 Å². The van der Waals surface area contributed by atoms with Gasteiger partial charge in [-0.05, 0) is 34.1 Å². The van der Waals surface area contributed by atoms with E-state index in [4.69, 9.17) is 10.5 Å². The molecule has 1 unspecified atom stereocenters. The van der Waals surface area contributed by atoms with Crippen molar-refractivity contribution in [1.82, 2.24) is 4.31 Å². The van der Waals surface area contributed by atoms with E-state index >= 15 is 0 Å². The van der Waals surface area contributed by atoms with Gasteiger partial charge in [0, 0.05) is 28.6 Å². The van der Waals surface area contributed by atoms with Crippen molar-refractivity contribution in [2.45, 2.75) is 11.0 Å². The monoisotopic (exact) mass is 412 g/mol. The number of halogens is 2. The van der Waals surface area contributed by atoms with Crippen LogP contribution in [0.25, 0.3) is 0 Å². The van der Waals surface area contributed by atoms with Gasteiger partial charge in [0.05, 0.1) is 17.6 Å². The van der Waals surface area contributed by atoms with Crippen LogP contribution in [-0.2, 0) is 14.8 Å². The van der Waals surface area contributed by atoms with Crippen molar-refractivity contribution in [3.8, 4) is 0 Å². The molecule has 0 radical (unpaired) electrons. The second-order valence-corrected chi connectivity index (χ2v) is 7.84. The summed E-state index contributed by atoms with van der Waals surface area (Å²) in [6.07, 6.45) is -0.238. The van der Waals surface area contributed by atoms with E-state index in [1.54, 1.807) is 18.2 Å². The zero-order valence-electron chi connectivity index (χ0n) is 10.1. The summed E-state index contributed by atoms with van der Waals surface area (Å²) in [5, 5.41) is 0. The highest BCUT2D eigenvalue weighted by molar-refractivity contribution is 9.11. The Morgan fingerprint density at radius 2 is 2.16 bits per heavy atom. The first-order valence-corrected chi connectivity index (χ1v) is 8.74. The van der Waals surface area contributed by atoms with Crippen LogP contribution in [0.4, 0.5) is 0 Å².